The predicted molar refractivity (Wildman–Crippen MR) is 81.2 cm³/mol. The molecule has 0 unspecified atom stereocenters. The third-order valence-electron chi connectivity index (χ3n) is 3.08. The Labute approximate surface area is 120 Å². The Morgan fingerprint density at radius 1 is 1.20 bits per heavy atom. The summed E-state index contributed by atoms with van der Waals surface area (Å²) >= 11 is 0. The Bertz CT molecular complexity index is 481. The lowest BCUT2D eigenvalue weighted by Gasteiger charge is -2.24. The molecule has 0 saturated heterocycles. The number of rotatable bonds is 4. The van der Waals surface area contributed by atoms with Crippen LogP contribution in [0.1, 0.15) is 26.3 Å². The van der Waals surface area contributed by atoms with Crippen LogP contribution in [0.5, 0.6) is 0 Å². The van der Waals surface area contributed by atoms with Gasteiger partial charge in [-0.05, 0) is 18.4 Å². The molecule has 2 rings (SSSR count). The molecule has 0 N–H and O–H groups in total. The maximum absolute atomic E-state index is 5.86. The van der Waals surface area contributed by atoms with Crippen LogP contribution in [0.3, 0.4) is 0 Å². The van der Waals surface area contributed by atoms with Crippen LogP contribution < -0.4 is 0 Å². The van der Waals surface area contributed by atoms with Gasteiger partial charge in [-0.3, -0.25) is 0 Å². The summed E-state index contributed by atoms with van der Waals surface area (Å²) in [6.07, 6.45) is 0. The highest BCUT2D eigenvalue weighted by atomic mass is 16.5. The van der Waals surface area contributed by atoms with Gasteiger partial charge in [-0.25, -0.2) is 9.98 Å². The lowest BCUT2D eigenvalue weighted by Crippen LogP contribution is -2.33. The molecule has 1 aliphatic rings. The maximum Gasteiger partial charge on any atom is 0.210 e. The first-order chi connectivity index (χ1) is 9.70. The first kappa shape index (κ1) is 14.6. The summed E-state index contributed by atoms with van der Waals surface area (Å²) in [5, 5.41) is 0. The molecule has 1 heterocycles. The van der Waals surface area contributed by atoms with Crippen LogP contribution in [0.15, 0.2) is 40.3 Å². The maximum atomic E-state index is 5.86. The van der Waals surface area contributed by atoms with Crippen molar-refractivity contribution < 1.29 is 9.47 Å². The van der Waals surface area contributed by atoms with Crippen LogP contribution in [0.4, 0.5) is 0 Å². The Hall–Kier alpha value is -1.84. The normalized spacial score (nSPS) is 18.5. The molecule has 0 fully saturated rings. The Morgan fingerprint density at radius 2 is 1.95 bits per heavy atom. The fourth-order valence-electron chi connectivity index (χ4n) is 2.04. The zero-order valence-corrected chi connectivity index (χ0v) is 12.4. The summed E-state index contributed by atoms with van der Waals surface area (Å²) in [5.74, 6) is 1.76. The highest BCUT2D eigenvalue weighted by Gasteiger charge is 2.25. The van der Waals surface area contributed by atoms with Gasteiger partial charge in [-0.2, -0.15) is 0 Å². The molecule has 1 aromatic carbocycles. The molecular formula is C16H22N2O2. The minimum absolute atomic E-state index is 0.0472. The van der Waals surface area contributed by atoms with Gasteiger partial charge in [0.15, 0.2) is 0 Å². The molecular weight excluding hydrogens is 252 g/mol. The van der Waals surface area contributed by atoms with Gasteiger partial charge < -0.3 is 9.47 Å². The van der Waals surface area contributed by atoms with E-state index in [2.05, 4.69) is 23.8 Å². The fraction of sp³-hybridized carbons (Fsp3) is 0.500. The second kappa shape index (κ2) is 7.08. The highest BCUT2D eigenvalue weighted by molar-refractivity contribution is 5.92. The van der Waals surface area contributed by atoms with E-state index in [9.17, 15) is 0 Å². The summed E-state index contributed by atoms with van der Waals surface area (Å²) in [7, 11) is 0. The average Bonchev–Trinajstić information content (AvgIpc) is 2.47. The molecule has 0 spiro atoms. The van der Waals surface area contributed by atoms with Crippen molar-refractivity contribution >= 4 is 11.8 Å². The molecule has 0 aliphatic carbocycles. The van der Waals surface area contributed by atoms with Crippen LogP contribution in [0.25, 0.3) is 0 Å². The Balaban J connectivity index is 2.00. The van der Waals surface area contributed by atoms with Crippen molar-refractivity contribution in [1.82, 2.24) is 0 Å². The summed E-state index contributed by atoms with van der Waals surface area (Å²) < 4.78 is 11.3. The molecule has 1 aliphatic heterocycles. The lowest BCUT2D eigenvalue weighted by molar-refractivity contribution is 0.261. The fourth-order valence-corrected chi connectivity index (χ4v) is 2.04. The molecule has 108 valence electrons. The smallest absolute Gasteiger partial charge is 0.210 e. The summed E-state index contributed by atoms with van der Waals surface area (Å²) in [4.78, 5) is 9.09. The van der Waals surface area contributed by atoms with E-state index >= 15 is 0 Å². The number of ether oxygens (including phenoxy) is 2. The minimum Gasteiger partial charge on any atom is -0.480 e. The number of aliphatic imine (C=N–C) groups is 2. The van der Waals surface area contributed by atoms with Gasteiger partial charge >= 0.3 is 0 Å². The molecule has 1 atom stereocenters. The molecule has 0 amide bonds. The summed E-state index contributed by atoms with van der Waals surface area (Å²) in [5.41, 5.74) is 1.14. The number of hydrogen-bond donors (Lipinski definition) is 0. The van der Waals surface area contributed by atoms with Gasteiger partial charge in [0, 0.05) is 0 Å². The largest absolute Gasteiger partial charge is 0.480 e. The molecule has 0 aromatic heterocycles. The van der Waals surface area contributed by atoms with Gasteiger partial charge in [-0.15, -0.1) is 0 Å². The van der Waals surface area contributed by atoms with Crippen molar-refractivity contribution in [2.45, 2.75) is 33.4 Å². The third-order valence-corrected chi connectivity index (χ3v) is 3.08. The van der Waals surface area contributed by atoms with Crippen molar-refractivity contribution in [2.75, 3.05) is 13.2 Å². The second-order valence-electron chi connectivity index (χ2n) is 5.07. The van der Waals surface area contributed by atoms with Crippen molar-refractivity contribution in [2.24, 2.45) is 15.9 Å². The van der Waals surface area contributed by atoms with Crippen molar-refractivity contribution in [3.63, 3.8) is 0 Å². The van der Waals surface area contributed by atoms with E-state index in [1.165, 1.54) is 0 Å². The van der Waals surface area contributed by atoms with E-state index in [0.717, 1.165) is 5.56 Å². The number of hydrogen-bond acceptors (Lipinski definition) is 4. The molecule has 0 bridgehead atoms. The van der Waals surface area contributed by atoms with Crippen LogP contribution >= 0.6 is 0 Å². The van der Waals surface area contributed by atoms with E-state index < -0.39 is 0 Å². The van der Waals surface area contributed by atoms with Crippen LogP contribution in [0, 0.1) is 5.92 Å². The first-order valence-electron chi connectivity index (χ1n) is 7.11. The zero-order chi connectivity index (χ0) is 14.4. The van der Waals surface area contributed by atoms with Gasteiger partial charge in [0.1, 0.15) is 19.2 Å². The lowest BCUT2D eigenvalue weighted by atomic mass is 10.0. The van der Waals surface area contributed by atoms with Gasteiger partial charge in [-0.1, -0.05) is 44.2 Å². The third kappa shape index (κ3) is 3.83. The predicted octanol–water partition coefficient (Wildman–Crippen LogP) is 3.07. The number of nitrogens with zero attached hydrogens (tertiary/aromatic N) is 2. The van der Waals surface area contributed by atoms with Gasteiger partial charge in [0.2, 0.25) is 11.8 Å². The Morgan fingerprint density at radius 3 is 2.60 bits per heavy atom. The standard InChI is InChI=1S/C16H22N2O2/c1-4-19-14-10-17-16(15(18-14)12(2)3)20-11-13-8-6-5-7-9-13/h5-9,12,15H,4,10-11H2,1-3H3/t15-/m0/s1. The molecule has 4 heteroatoms. The SMILES string of the molecule is CCOC1=N[C@@H](C(C)C)C(OCc2ccccc2)=NC1. The average molecular weight is 274 g/mol. The van der Waals surface area contributed by atoms with E-state index in [1.54, 1.807) is 0 Å². The van der Waals surface area contributed by atoms with E-state index in [0.29, 0.717) is 37.5 Å². The van der Waals surface area contributed by atoms with Crippen molar-refractivity contribution in [3.05, 3.63) is 35.9 Å². The number of benzene rings is 1. The topological polar surface area (TPSA) is 43.2 Å². The molecule has 4 nitrogen and oxygen atoms in total. The molecule has 0 saturated carbocycles. The Kier molecular flexibility index (Phi) is 5.16. The first-order valence-corrected chi connectivity index (χ1v) is 7.11. The van der Waals surface area contributed by atoms with Crippen molar-refractivity contribution in [1.29, 1.82) is 0 Å². The molecule has 20 heavy (non-hydrogen) atoms. The second-order valence-corrected chi connectivity index (χ2v) is 5.07. The van der Waals surface area contributed by atoms with E-state index in [4.69, 9.17) is 9.47 Å². The van der Waals surface area contributed by atoms with E-state index in [1.807, 2.05) is 37.3 Å². The minimum atomic E-state index is -0.0472. The van der Waals surface area contributed by atoms with Crippen LogP contribution in [-0.4, -0.2) is 31.0 Å². The quantitative estimate of drug-likeness (QED) is 0.847. The summed E-state index contributed by atoms with van der Waals surface area (Å²) in [6.45, 7) is 7.82. The molecule has 0 radical (unpaired) electrons. The van der Waals surface area contributed by atoms with E-state index in [-0.39, 0.29) is 6.04 Å². The monoisotopic (exact) mass is 274 g/mol. The van der Waals surface area contributed by atoms with Crippen LogP contribution in [-0.2, 0) is 16.1 Å². The van der Waals surface area contributed by atoms with Crippen molar-refractivity contribution in [3.8, 4) is 0 Å². The zero-order valence-electron chi connectivity index (χ0n) is 12.4. The van der Waals surface area contributed by atoms with Gasteiger partial charge in [0.05, 0.1) is 6.61 Å². The molecule has 1 aromatic rings. The highest BCUT2D eigenvalue weighted by Crippen LogP contribution is 2.16. The summed E-state index contributed by atoms with van der Waals surface area (Å²) in [6, 6.07) is 10.1. The van der Waals surface area contributed by atoms with Crippen LogP contribution in [0.2, 0.25) is 0 Å². The van der Waals surface area contributed by atoms with Gasteiger partial charge in [0.25, 0.3) is 0 Å².